The summed E-state index contributed by atoms with van der Waals surface area (Å²) >= 11 is 0. The summed E-state index contributed by atoms with van der Waals surface area (Å²) in [6, 6.07) is 8.92. The van der Waals surface area contributed by atoms with Gasteiger partial charge < -0.3 is 19.9 Å². The number of hydrogen-bond acceptors (Lipinski definition) is 3. The van der Waals surface area contributed by atoms with Crippen LogP contribution in [-0.4, -0.2) is 43.7 Å². The molecule has 1 N–H and O–H groups in total. The molecular weight excluding hydrogens is 359 g/mol. The van der Waals surface area contributed by atoms with Gasteiger partial charge in [-0.3, -0.25) is 0 Å². The van der Waals surface area contributed by atoms with Crippen molar-refractivity contribution in [1.29, 1.82) is 0 Å². The number of amides is 2. The molecule has 1 saturated heterocycles. The molecule has 0 spiro atoms. The highest BCUT2D eigenvalue weighted by Crippen LogP contribution is 2.22. The van der Waals surface area contributed by atoms with Crippen molar-refractivity contribution in [3.8, 4) is 5.75 Å². The zero-order valence-electron chi connectivity index (χ0n) is 14.8. The van der Waals surface area contributed by atoms with Crippen LogP contribution in [0.5, 0.6) is 5.75 Å². The van der Waals surface area contributed by atoms with Gasteiger partial charge in [0.15, 0.2) is 17.5 Å². The van der Waals surface area contributed by atoms with Gasteiger partial charge in [-0.2, -0.15) is 0 Å². The number of piperazine rings is 1. The molecule has 3 rings (SSSR count). The lowest BCUT2D eigenvalue weighted by molar-refractivity contribution is 0.208. The van der Waals surface area contributed by atoms with Gasteiger partial charge in [0.1, 0.15) is 5.75 Å². The van der Waals surface area contributed by atoms with Crippen molar-refractivity contribution >= 4 is 17.4 Å². The Kier molecular flexibility index (Phi) is 5.73. The Labute approximate surface area is 155 Å². The Morgan fingerprint density at radius 2 is 1.67 bits per heavy atom. The fourth-order valence-corrected chi connectivity index (χ4v) is 2.90. The third-order valence-corrected chi connectivity index (χ3v) is 4.36. The van der Waals surface area contributed by atoms with E-state index in [1.165, 1.54) is 4.90 Å². The number of carbonyl (C=O) groups is 1. The van der Waals surface area contributed by atoms with Gasteiger partial charge in [0.25, 0.3) is 0 Å². The van der Waals surface area contributed by atoms with Crippen LogP contribution in [0.2, 0.25) is 0 Å². The van der Waals surface area contributed by atoms with E-state index in [2.05, 4.69) is 10.2 Å². The highest BCUT2D eigenvalue weighted by Gasteiger charge is 2.23. The minimum atomic E-state index is -1.60. The van der Waals surface area contributed by atoms with Crippen LogP contribution in [0.3, 0.4) is 0 Å². The Hall–Kier alpha value is -2.90. The number of hydrogen-bond donors (Lipinski definition) is 1. The summed E-state index contributed by atoms with van der Waals surface area (Å²) in [5, 5.41) is 2.29. The summed E-state index contributed by atoms with van der Waals surface area (Å²) in [4.78, 5) is 15.9. The Morgan fingerprint density at radius 3 is 2.30 bits per heavy atom. The second kappa shape index (κ2) is 8.20. The highest BCUT2D eigenvalue weighted by molar-refractivity contribution is 5.89. The molecule has 0 radical (unpaired) electrons. The maximum absolute atomic E-state index is 13.7. The average Bonchev–Trinajstić information content (AvgIpc) is 2.69. The van der Waals surface area contributed by atoms with Crippen molar-refractivity contribution in [2.45, 2.75) is 6.92 Å². The molecule has 27 heavy (non-hydrogen) atoms. The minimum Gasteiger partial charge on any atom is -0.494 e. The van der Waals surface area contributed by atoms with Crippen LogP contribution in [-0.2, 0) is 0 Å². The molecule has 2 aromatic carbocycles. The van der Waals surface area contributed by atoms with Crippen molar-refractivity contribution in [3.05, 3.63) is 53.8 Å². The minimum absolute atomic E-state index is 0.382. The smallest absolute Gasteiger partial charge is 0.322 e. The highest BCUT2D eigenvalue weighted by atomic mass is 19.2. The number of ether oxygens (including phenoxy) is 1. The van der Waals surface area contributed by atoms with Crippen molar-refractivity contribution in [1.82, 2.24) is 4.90 Å². The van der Waals surface area contributed by atoms with Crippen LogP contribution in [0.15, 0.2) is 36.4 Å². The molecule has 0 atom stereocenters. The number of nitrogens with one attached hydrogen (secondary N) is 1. The van der Waals surface area contributed by atoms with Gasteiger partial charge in [-0.05, 0) is 43.3 Å². The molecular formula is C19H20F3N3O2. The summed E-state index contributed by atoms with van der Waals surface area (Å²) in [7, 11) is 0. The lowest BCUT2D eigenvalue weighted by atomic mass is 10.2. The molecule has 1 aliphatic heterocycles. The molecule has 144 valence electrons. The Morgan fingerprint density at radius 1 is 1.00 bits per heavy atom. The molecule has 1 heterocycles. The lowest BCUT2D eigenvalue weighted by Crippen LogP contribution is -2.50. The zero-order chi connectivity index (χ0) is 19.4. The normalized spacial score (nSPS) is 14.2. The van der Waals surface area contributed by atoms with E-state index >= 15 is 0 Å². The number of anilines is 2. The van der Waals surface area contributed by atoms with Gasteiger partial charge in [0.2, 0.25) is 0 Å². The molecule has 1 fully saturated rings. The van der Waals surface area contributed by atoms with E-state index in [0.717, 1.165) is 23.6 Å². The van der Waals surface area contributed by atoms with Crippen LogP contribution in [0.4, 0.5) is 29.3 Å². The SMILES string of the molecule is CCOc1ccc(N2CCN(C(=O)Nc3ccc(F)c(F)c3F)CC2)cc1. The second-order valence-electron chi connectivity index (χ2n) is 6.05. The number of nitrogens with zero attached hydrogens (tertiary/aromatic N) is 2. The third kappa shape index (κ3) is 4.27. The lowest BCUT2D eigenvalue weighted by Gasteiger charge is -2.36. The van der Waals surface area contributed by atoms with E-state index in [4.69, 9.17) is 4.74 Å². The van der Waals surface area contributed by atoms with Gasteiger partial charge in [-0.1, -0.05) is 0 Å². The first-order valence-corrected chi connectivity index (χ1v) is 8.67. The van der Waals surface area contributed by atoms with E-state index in [0.29, 0.717) is 32.8 Å². The average molecular weight is 379 g/mol. The topological polar surface area (TPSA) is 44.8 Å². The number of halogens is 3. The zero-order valence-corrected chi connectivity index (χ0v) is 14.8. The van der Waals surface area contributed by atoms with Gasteiger partial charge in [-0.15, -0.1) is 0 Å². The van der Waals surface area contributed by atoms with Crippen LogP contribution in [0, 0.1) is 17.5 Å². The van der Waals surface area contributed by atoms with Crippen molar-refractivity contribution in [2.24, 2.45) is 0 Å². The molecule has 0 aliphatic carbocycles. The monoisotopic (exact) mass is 379 g/mol. The summed E-state index contributed by atoms with van der Waals surface area (Å²) in [5.74, 6) is -3.51. The maximum atomic E-state index is 13.7. The molecule has 0 bridgehead atoms. The Balaban J connectivity index is 1.57. The van der Waals surface area contributed by atoms with Gasteiger partial charge in [-0.25, -0.2) is 18.0 Å². The molecule has 2 aromatic rings. The molecule has 0 unspecified atom stereocenters. The largest absolute Gasteiger partial charge is 0.494 e. The first-order valence-electron chi connectivity index (χ1n) is 8.67. The quantitative estimate of drug-likeness (QED) is 0.821. The summed E-state index contributed by atoms with van der Waals surface area (Å²) in [6.07, 6.45) is 0. The summed E-state index contributed by atoms with van der Waals surface area (Å²) in [6.45, 7) is 4.56. The van der Waals surface area contributed by atoms with Crippen molar-refractivity contribution in [2.75, 3.05) is 43.0 Å². The summed E-state index contributed by atoms with van der Waals surface area (Å²) in [5.41, 5.74) is 0.637. The van der Waals surface area contributed by atoms with E-state index in [1.807, 2.05) is 31.2 Å². The van der Waals surface area contributed by atoms with Gasteiger partial charge in [0.05, 0.1) is 12.3 Å². The standard InChI is InChI=1S/C19H20F3N3O2/c1-2-27-14-5-3-13(4-6-14)24-9-11-25(12-10-24)19(26)23-16-8-7-15(20)17(21)18(16)22/h3-8H,2,9-12H2,1H3,(H,23,26). The fourth-order valence-electron chi connectivity index (χ4n) is 2.90. The predicted octanol–water partition coefficient (Wildman–Crippen LogP) is 3.86. The van der Waals surface area contributed by atoms with E-state index in [1.54, 1.807) is 0 Å². The van der Waals surface area contributed by atoms with Crippen LogP contribution < -0.4 is 15.0 Å². The van der Waals surface area contributed by atoms with Crippen molar-refractivity contribution in [3.63, 3.8) is 0 Å². The molecule has 1 aliphatic rings. The van der Waals surface area contributed by atoms with Crippen LogP contribution in [0.25, 0.3) is 0 Å². The summed E-state index contributed by atoms with van der Waals surface area (Å²) < 4.78 is 45.4. The second-order valence-corrected chi connectivity index (χ2v) is 6.05. The first kappa shape index (κ1) is 18.9. The van der Waals surface area contributed by atoms with Gasteiger partial charge >= 0.3 is 6.03 Å². The molecule has 5 nitrogen and oxygen atoms in total. The Bertz CT molecular complexity index is 807. The van der Waals surface area contributed by atoms with Crippen LogP contribution in [0.1, 0.15) is 6.92 Å². The number of urea groups is 1. The number of carbonyl (C=O) groups excluding carboxylic acids is 1. The molecule has 0 aromatic heterocycles. The maximum Gasteiger partial charge on any atom is 0.322 e. The van der Waals surface area contributed by atoms with E-state index in [-0.39, 0.29) is 5.69 Å². The van der Waals surface area contributed by atoms with Crippen LogP contribution >= 0.6 is 0 Å². The number of rotatable bonds is 4. The third-order valence-electron chi connectivity index (χ3n) is 4.36. The fraction of sp³-hybridized carbons (Fsp3) is 0.316. The molecule has 2 amide bonds. The molecule has 0 saturated carbocycles. The van der Waals surface area contributed by atoms with E-state index in [9.17, 15) is 18.0 Å². The van der Waals surface area contributed by atoms with Gasteiger partial charge in [0, 0.05) is 31.9 Å². The predicted molar refractivity (Wildman–Crippen MR) is 96.7 cm³/mol. The van der Waals surface area contributed by atoms with Crippen molar-refractivity contribution < 1.29 is 22.7 Å². The number of benzene rings is 2. The van der Waals surface area contributed by atoms with E-state index < -0.39 is 23.5 Å². The first-order chi connectivity index (χ1) is 13.0. The molecule has 8 heteroatoms.